The molecule has 0 bridgehead atoms. The first kappa shape index (κ1) is 15.6. The van der Waals surface area contributed by atoms with Crippen LogP contribution in [0.25, 0.3) is 53.2 Å². The molecule has 3 aromatic rings. The van der Waals surface area contributed by atoms with Crippen LogP contribution >= 0.6 is 46.2 Å². The molecule has 2 heterocycles. The minimum atomic E-state index is 1.41. The second-order valence-electron chi connectivity index (χ2n) is 6.44. The molecule has 1 aromatic heterocycles. The quantitative estimate of drug-likeness (QED) is 0.265. The minimum Gasteiger partial charge on any atom is -0.134 e. The normalized spacial score (nSPS) is 12.5. The second-order valence-corrected chi connectivity index (χ2v) is 10.6. The molecule has 0 atom stereocenters. The molecular weight excluding hydrogens is 393 g/mol. The van der Waals surface area contributed by atoms with Crippen LogP contribution in [0.1, 0.15) is 0 Å². The van der Waals surface area contributed by atoms with E-state index in [4.69, 9.17) is 0 Å². The topological polar surface area (TPSA) is 0 Å². The lowest BCUT2D eigenvalue weighted by Crippen LogP contribution is -1.76. The van der Waals surface area contributed by atoms with Crippen molar-refractivity contribution in [2.45, 2.75) is 8.42 Å². The molecule has 0 nitrogen and oxygen atoms in total. The van der Waals surface area contributed by atoms with Crippen LogP contribution in [0.15, 0.2) is 56.9 Å². The number of fused-ring (bicyclic) bond motifs is 6. The molecule has 0 saturated heterocycles. The van der Waals surface area contributed by atoms with Crippen molar-refractivity contribution >= 4 is 77.1 Å². The fraction of sp³-hybridized carbons (Fsp3) is 0.0909. The third-order valence-corrected chi connectivity index (χ3v) is 9.94. The first-order valence-electron chi connectivity index (χ1n) is 8.45. The van der Waals surface area contributed by atoms with Crippen LogP contribution in [0.4, 0.5) is 0 Å². The van der Waals surface area contributed by atoms with E-state index in [1.165, 1.54) is 61.6 Å². The molecule has 2 aromatic carbocycles. The van der Waals surface area contributed by atoms with Gasteiger partial charge in [0.15, 0.2) is 0 Å². The van der Waals surface area contributed by atoms with E-state index in [1.54, 1.807) is 0 Å². The molecule has 26 heavy (non-hydrogen) atoms. The molecule has 0 spiro atoms. The number of thioether (sulfide) groups is 2. The first-order chi connectivity index (χ1) is 12.8. The van der Waals surface area contributed by atoms with E-state index >= 15 is 0 Å². The summed E-state index contributed by atoms with van der Waals surface area (Å²) in [5.41, 5.74) is 5.89. The van der Waals surface area contributed by atoms with Gasteiger partial charge in [-0.15, -0.1) is 46.2 Å². The zero-order valence-electron chi connectivity index (χ0n) is 14.3. The maximum absolute atomic E-state index is 2.30. The number of benzene rings is 2. The van der Waals surface area contributed by atoms with Crippen molar-refractivity contribution in [3.63, 3.8) is 0 Å². The van der Waals surface area contributed by atoms with Gasteiger partial charge in [-0.25, -0.2) is 0 Å². The maximum atomic E-state index is 2.30. The molecular formula is C22H14S4. The van der Waals surface area contributed by atoms with Crippen molar-refractivity contribution in [3.05, 3.63) is 48.5 Å². The minimum absolute atomic E-state index is 1.41. The summed E-state index contributed by atoms with van der Waals surface area (Å²) in [6.45, 7) is 0. The number of rotatable bonds is 2. The van der Waals surface area contributed by atoms with Crippen LogP contribution in [0.2, 0.25) is 0 Å². The molecule has 0 radical (unpaired) electrons. The fourth-order valence-electron chi connectivity index (χ4n) is 4.25. The maximum Gasteiger partial charge on any atom is 0.0693 e. The average molecular weight is 407 g/mol. The summed E-state index contributed by atoms with van der Waals surface area (Å²) in [6.07, 6.45) is 4.43. The van der Waals surface area contributed by atoms with E-state index < -0.39 is 0 Å². The highest BCUT2D eigenvalue weighted by Gasteiger charge is 2.32. The van der Waals surface area contributed by atoms with Gasteiger partial charge < -0.3 is 0 Å². The number of thiophene rings is 1. The van der Waals surface area contributed by atoms with Crippen LogP contribution < -0.4 is 0 Å². The van der Waals surface area contributed by atoms with Gasteiger partial charge in [-0.2, -0.15) is 0 Å². The Bertz CT molecular complexity index is 1250. The predicted octanol–water partition coefficient (Wildman–Crippen LogP) is 8.36. The Morgan fingerprint density at radius 1 is 0.538 bits per heavy atom. The van der Waals surface area contributed by atoms with Crippen molar-refractivity contribution in [2.75, 3.05) is 12.5 Å². The van der Waals surface area contributed by atoms with Crippen LogP contribution in [0.5, 0.6) is 0 Å². The van der Waals surface area contributed by atoms with Crippen LogP contribution in [-0.2, 0) is 0 Å². The van der Waals surface area contributed by atoms with E-state index in [2.05, 4.69) is 61.0 Å². The summed E-state index contributed by atoms with van der Waals surface area (Å²) in [5, 5.41) is 5.64. The second kappa shape index (κ2) is 5.52. The molecule has 3 aliphatic rings. The molecule has 0 N–H and O–H groups in total. The summed E-state index contributed by atoms with van der Waals surface area (Å²) in [7, 11) is 0. The average Bonchev–Trinajstić information content (AvgIpc) is 3.26. The van der Waals surface area contributed by atoms with E-state index in [-0.39, 0.29) is 0 Å². The molecule has 0 fully saturated rings. The summed E-state index contributed by atoms with van der Waals surface area (Å²) in [6, 6.07) is 17.9. The lowest BCUT2D eigenvalue weighted by atomic mass is 10.0. The summed E-state index contributed by atoms with van der Waals surface area (Å²) in [4.78, 5) is 0. The monoisotopic (exact) mass is 406 g/mol. The predicted molar refractivity (Wildman–Crippen MR) is 123 cm³/mol. The van der Waals surface area contributed by atoms with E-state index in [0.717, 1.165) is 0 Å². The summed E-state index contributed by atoms with van der Waals surface area (Å²) < 4.78 is 5.78. The first-order valence-corrected chi connectivity index (χ1v) is 12.5. The molecule has 0 unspecified atom stereocenters. The van der Waals surface area contributed by atoms with Gasteiger partial charge in [0.25, 0.3) is 0 Å². The lowest BCUT2D eigenvalue weighted by Gasteiger charge is -2.02. The van der Waals surface area contributed by atoms with Gasteiger partial charge in [0, 0.05) is 42.4 Å². The van der Waals surface area contributed by atoms with E-state index in [9.17, 15) is 0 Å². The van der Waals surface area contributed by atoms with Gasteiger partial charge in [0.2, 0.25) is 0 Å². The number of hydrogen-bond acceptors (Lipinski definition) is 4. The Kier molecular flexibility index (Phi) is 3.31. The lowest BCUT2D eigenvalue weighted by molar-refractivity contribution is 1.72. The Labute approximate surface area is 168 Å². The van der Waals surface area contributed by atoms with Gasteiger partial charge in [0.1, 0.15) is 0 Å². The third kappa shape index (κ3) is 1.79. The fourth-order valence-corrected chi connectivity index (χ4v) is 8.60. The van der Waals surface area contributed by atoms with Crippen molar-refractivity contribution in [1.82, 2.24) is 0 Å². The summed E-state index contributed by atoms with van der Waals surface area (Å²) in [5.74, 6) is 0. The van der Waals surface area contributed by atoms with Gasteiger partial charge >= 0.3 is 0 Å². The van der Waals surface area contributed by atoms with Crippen LogP contribution in [0.3, 0.4) is 0 Å². The van der Waals surface area contributed by atoms with Crippen molar-refractivity contribution in [2.24, 2.45) is 0 Å². The van der Waals surface area contributed by atoms with Crippen molar-refractivity contribution < 1.29 is 0 Å². The van der Waals surface area contributed by atoms with Crippen molar-refractivity contribution in [1.29, 1.82) is 0 Å². The highest BCUT2D eigenvalue weighted by atomic mass is 32.2. The molecule has 0 amide bonds. The highest BCUT2D eigenvalue weighted by molar-refractivity contribution is 8.02. The van der Waals surface area contributed by atoms with Gasteiger partial charge in [0.05, 0.1) is 8.42 Å². The highest BCUT2D eigenvalue weighted by Crippen LogP contribution is 2.61. The van der Waals surface area contributed by atoms with Gasteiger partial charge in [-0.3, -0.25) is 0 Å². The Hall–Kier alpha value is -1.46. The number of hydrogen-bond donors (Lipinski definition) is 0. The smallest absolute Gasteiger partial charge is 0.0693 e. The third-order valence-electron chi connectivity index (χ3n) is 5.25. The van der Waals surface area contributed by atoms with Crippen molar-refractivity contribution in [3.8, 4) is 22.3 Å². The standard InChI is InChI=1S/C22H14S4/c1-23-21-15-11-7-3-5-9-13(11)19-17(15)18-16(22(24-2)26-21)12-8-4-6-10-14(12)20(18)25-19/h3-10H,1-2H3. The zero-order chi connectivity index (χ0) is 17.4. The Morgan fingerprint density at radius 2 is 0.962 bits per heavy atom. The SMILES string of the molecule is CSc1sc(SC)c2c3ccccc3c3sc4c(c3-2)-c1c1ccccc14. The Balaban J connectivity index is 2.00. The summed E-state index contributed by atoms with van der Waals surface area (Å²) >= 11 is 7.72. The largest absolute Gasteiger partial charge is 0.134 e. The molecule has 0 saturated carbocycles. The van der Waals surface area contributed by atoms with E-state index in [1.807, 2.05) is 46.2 Å². The zero-order valence-corrected chi connectivity index (χ0v) is 17.5. The van der Waals surface area contributed by atoms with Gasteiger partial charge in [-0.1, -0.05) is 48.5 Å². The molecule has 1 aliphatic heterocycles. The molecule has 6 rings (SSSR count). The Morgan fingerprint density at radius 3 is 1.38 bits per heavy atom. The van der Waals surface area contributed by atoms with Crippen LogP contribution in [0, 0.1) is 0 Å². The van der Waals surface area contributed by atoms with Crippen LogP contribution in [-0.4, -0.2) is 12.5 Å². The molecule has 2 aliphatic carbocycles. The van der Waals surface area contributed by atoms with E-state index in [0.29, 0.717) is 0 Å². The molecule has 4 heteroatoms. The van der Waals surface area contributed by atoms with Gasteiger partial charge in [-0.05, 0) is 23.3 Å². The molecule has 126 valence electrons.